The molecule has 1 amide bonds. The Kier molecular flexibility index (Phi) is 5.68. The minimum atomic E-state index is -0.103. The van der Waals surface area contributed by atoms with Gasteiger partial charge in [-0.05, 0) is 47.5 Å². The molecule has 3 aromatic rings. The van der Waals surface area contributed by atoms with Gasteiger partial charge >= 0.3 is 0 Å². The monoisotopic (exact) mass is 333 g/mol. The lowest BCUT2D eigenvalue weighted by atomic mass is 10.0. The van der Waals surface area contributed by atoms with Crippen LogP contribution in [0.3, 0.4) is 0 Å². The predicted octanol–water partition coefficient (Wildman–Crippen LogP) is 5.66. The van der Waals surface area contributed by atoms with Crippen LogP contribution in [-0.2, 0) is 0 Å². The molecule has 0 unspecified atom stereocenters. The molecule has 0 heterocycles. The van der Waals surface area contributed by atoms with Crippen molar-refractivity contribution in [1.82, 2.24) is 0 Å². The zero-order valence-electron chi connectivity index (χ0n) is 14.5. The zero-order valence-corrected chi connectivity index (χ0v) is 14.5. The number of hydrogen-bond acceptors (Lipinski definition) is 2. The molecule has 0 atom stereocenters. The van der Waals surface area contributed by atoms with Crippen LogP contribution in [0.2, 0.25) is 0 Å². The SMILES string of the molecule is CCCCCOc1ccc(NC(=O)c2cccc3ccccc23)cc1. The minimum Gasteiger partial charge on any atom is -0.494 e. The Morgan fingerprint density at radius 2 is 1.68 bits per heavy atom. The van der Waals surface area contributed by atoms with Crippen LogP contribution in [0.15, 0.2) is 66.7 Å². The summed E-state index contributed by atoms with van der Waals surface area (Å²) in [7, 11) is 0. The third kappa shape index (κ3) is 4.38. The van der Waals surface area contributed by atoms with Gasteiger partial charge in [-0.3, -0.25) is 4.79 Å². The molecule has 0 aliphatic heterocycles. The van der Waals surface area contributed by atoms with Crippen LogP contribution in [0, 0.1) is 0 Å². The number of amides is 1. The zero-order chi connectivity index (χ0) is 17.5. The highest BCUT2D eigenvalue weighted by molar-refractivity contribution is 6.12. The molecule has 3 aromatic carbocycles. The molecule has 3 rings (SSSR count). The molecule has 128 valence electrons. The van der Waals surface area contributed by atoms with Crippen molar-refractivity contribution in [3.8, 4) is 5.75 Å². The van der Waals surface area contributed by atoms with Crippen molar-refractivity contribution >= 4 is 22.4 Å². The molecule has 0 bridgehead atoms. The Hall–Kier alpha value is -2.81. The lowest BCUT2D eigenvalue weighted by Gasteiger charge is -2.10. The van der Waals surface area contributed by atoms with E-state index in [1.807, 2.05) is 66.7 Å². The summed E-state index contributed by atoms with van der Waals surface area (Å²) in [4.78, 5) is 12.6. The molecule has 0 radical (unpaired) electrons. The van der Waals surface area contributed by atoms with Gasteiger partial charge in [-0.1, -0.05) is 56.2 Å². The summed E-state index contributed by atoms with van der Waals surface area (Å²) in [5, 5.41) is 4.98. The smallest absolute Gasteiger partial charge is 0.256 e. The first-order valence-electron chi connectivity index (χ1n) is 8.80. The van der Waals surface area contributed by atoms with Crippen LogP contribution in [0.1, 0.15) is 36.5 Å². The summed E-state index contributed by atoms with van der Waals surface area (Å²) in [6.07, 6.45) is 3.43. The fraction of sp³-hybridized carbons (Fsp3) is 0.227. The maximum Gasteiger partial charge on any atom is 0.256 e. The highest BCUT2D eigenvalue weighted by Crippen LogP contribution is 2.21. The fourth-order valence-corrected chi connectivity index (χ4v) is 2.80. The molecule has 0 aromatic heterocycles. The highest BCUT2D eigenvalue weighted by Gasteiger charge is 2.09. The molecule has 0 saturated heterocycles. The van der Waals surface area contributed by atoms with Gasteiger partial charge in [0.1, 0.15) is 5.75 Å². The van der Waals surface area contributed by atoms with Gasteiger partial charge in [0.05, 0.1) is 6.61 Å². The summed E-state index contributed by atoms with van der Waals surface area (Å²) in [5.41, 5.74) is 1.44. The van der Waals surface area contributed by atoms with E-state index in [2.05, 4.69) is 12.2 Å². The largest absolute Gasteiger partial charge is 0.494 e. The van der Waals surface area contributed by atoms with Gasteiger partial charge in [-0.2, -0.15) is 0 Å². The van der Waals surface area contributed by atoms with Crippen molar-refractivity contribution in [2.24, 2.45) is 0 Å². The van der Waals surface area contributed by atoms with E-state index in [9.17, 15) is 4.79 Å². The molecule has 0 saturated carbocycles. The molecule has 0 spiro atoms. The lowest BCUT2D eigenvalue weighted by molar-refractivity contribution is 0.102. The van der Waals surface area contributed by atoms with E-state index in [1.165, 1.54) is 12.8 Å². The minimum absolute atomic E-state index is 0.103. The molecule has 25 heavy (non-hydrogen) atoms. The second kappa shape index (κ2) is 8.34. The molecule has 1 N–H and O–H groups in total. The topological polar surface area (TPSA) is 38.3 Å². The molecular weight excluding hydrogens is 310 g/mol. The Labute approximate surface area is 148 Å². The van der Waals surface area contributed by atoms with Crippen LogP contribution >= 0.6 is 0 Å². The summed E-state index contributed by atoms with van der Waals surface area (Å²) in [5.74, 6) is 0.729. The quantitative estimate of drug-likeness (QED) is 0.566. The lowest BCUT2D eigenvalue weighted by Crippen LogP contribution is -2.12. The number of nitrogens with one attached hydrogen (secondary N) is 1. The first-order chi connectivity index (χ1) is 12.3. The third-order valence-corrected chi connectivity index (χ3v) is 4.16. The van der Waals surface area contributed by atoms with Gasteiger partial charge in [0.25, 0.3) is 5.91 Å². The number of anilines is 1. The second-order valence-corrected chi connectivity index (χ2v) is 6.06. The van der Waals surface area contributed by atoms with Crippen molar-refractivity contribution < 1.29 is 9.53 Å². The number of rotatable bonds is 7. The van der Waals surface area contributed by atoms with E-state index in [0.29, 0.717) is 5.56 Å². The second-order valence-electron chi connectivity index (χ2n) is 6.06. The molecule has 3 nitrogen and oxygen atoms in total. The third-order valence-electron chi connectivity index (χ3n) is 4.16. The Morgan fingerprint density at radius 3 is 2.48 bits per heavy atom. The Balaban J connectivity index is 1.66. The van der Waals surface area contributed by atoms with Gasteiger partial charge < -0.3 is 10.1 Å². The van der Waals surface area contributed by atoms with Gasteiger partial charge in [-0.25, -0.2) is 0 Å². The first-order valence-corrected chi connectivity index (χ1v) is 8.80. The van der Waals surface area contributed by atoms with Crippen LogP contribution in [-0.4, -0.2) is 12.5 Å². The van der Waals surface area contributed by atoms with Gasteiger partial charge in [0, 0.05) is 11.3 Å². The Bertz CT molecular complexity index is 835. The fourth-order valence-electron chi connectivity index (χ4n) is 2.80. The molecule has 0 fully saturated rings. The maximum atomic E-state index is 12.6. The van der Waals surface area contributed by atoms with Crippen molar-refractivity contribution in [1.29, 1.82) is 0 Å². The van der Waals surface area contributed by atoms with Crippen molar-refractivity contribution in [2.75, 3.05) is 11.9 Å². The maximum absolute atomic E-state index is 12.6. The van der Waals surface area contributed by atoms with Crippen LogP contribution in [0.5, 0.6) is 5.75 Å². The number of carbonyl (C=O) groups is 1. The number of hydrogen-bond donors (Lipinski definition) is 1. The van der Waals surface area contributed by atoms with E-state index < -0.39 is 0 Å². The average molecular weight is 333 g/mol. The van der Waals surface area contributed by atoms with Crippen molar-refractivity contribution in [2.45, 2.75) is 26.2 Å². The van der Waals surface area contributed by atoms with Crippen LogP contribution < -0.4 is 10.1 Å². The molecule has 3 heteroatoms. The van der Waals surface area contributed by atoms with Crippen molar-refractivity contribution in [3.63, 3.8) is 0 Å². The summed E-state index contributed by atoms with van der Waals surface area (Å²) >= 11 is 0. The first kappa shape index (κ1) is 17.0. The number of ether oxygens (including phenoxy) is 1. The Morgan fingerprint density at radius 1 is 0.920 bits per heavy atom. The van der Waals surface area contributed by atoms with E-state index in [4.69, 9.17) is 4.74 Å². The standard InChI is InChI=1S/C22H23NO2/c1-2-3-6-16-25-19-14-12-18(13-15-19)23-22(24)21-11-7-9-17-8-4-5-10-20(17)21/h4-5,7-15H,2-3,6,16H2,1H3,(H,23,24). The normalized spacial score (nSPS) is 10.6. The number of fused-ring (bicyclic) bond motifs is 1. The summed E-state index contributed by atoms with van der Waals surface area (Å²) in [6, 6.07) is 21.2. The average Bonchev–Trinajstić information content (AvgIpc) is 2.66. The number of unbranched alkanes of at least 4 members (excludes halogenated alkanes) is 2. The van der Waals surface area contributed by atoms with E-state index in [0.717, 1.165) is 35.2 Å². The van der Waals surface area contributed by atoms with Gasteiger partial charge in [0.2, 0.25) is 0 Å². The summed E-state index contributed by atoms with van der Waals surface area (Å²) < 4.78 is 5.70. The van der Waals surface area contributed by atoms with Gasteiger partial charge in [-0.15, -0.1) is 0 Å². The van der Waals surface area contributed by atoms with Crippen molar-refractivity contribution in [3.05, 3.63) is 72.3 Å². The van der Waals surface area contributed by atoms with Crippen LogP contribution in [0.4, 0.5) is 5.69 Å². The van der Waals surface area contributed by atoms with Crippen LogP contribution in [0.25, 0.3) is 10.8 Å². The van der Waals surface area contributed by atoms with E-state index in [1.54, 1.807) is 0 Å². The van der Waals surface area contributed by atoms with Gasteiger partial charge in [0.15, 0.2) is 0 Å². The van der Waals surface area contributed by atoms with E-state index in [-0.39, 0.29) is 5.91 Å². The molecule has 0 aliphatic rings. The summed E-state index contributed by atoms with van der Waals surface area (Å²) in [6.45, 7) is 2.91. The van der Waals surface area contributed by atoms with E-state index >= 15 is 0 Å². The molecule has 0 aliphatic carbocycles. The molecular formula is C22H23NO2. The number of carbonyl (C=O) groups excluding carboxylic acids is 1. The number of benzene rings is 3. The highest BCUT2D eigenvalue weighted by atomic mass is 16.5. The predicted molar refractivity (Wildman–Crippen MR) is 103 cm³/mol.